The van der Waals surface area contributed by atoms with Crippen molar-refractivity contribution in [2.45, 2.75) is 33.3 Å². The van der Waals surface area contributed by atoms with Crippen molar-refractivity contribution >= 4 is 11.7 Å². The first-order valence-corrected chi connectivity index (χ1v) is 5.35. The molecule has 0 amide bonds. The molecule has 1 N–H and O–H groups in total. The molecule has 1 rings (SSSR count). The predicted octanol–water partition coefficient (Wildman–Crippen LogP) is 2.47. The normalized spacial score (nSPS) is 11.0. The molecule has 16 heavy (non-hydrogen) atoms. The van der Waals surface area contributed by atoms with E-state index in [2.05, 4.69) is 10.3 Å². The Kier molecular flexibility index (Phi) is 3.88. The minimum absolute atomic E-state index is 0.327. The van der Waals surface area contributed by atoms with Crippen LogP contribution in [-0.2, 0) is 4.74 Å². The summed E-state index contributed by atoms with van der Waals surface area (Å²) in [6.07, 6.45) is 1.59. The van der Waals surface area contributed by atoms with E-state index >= 15 is 0 Å². The van der Waals surface area contributed by atoms with Gasteiger partial charge >= 0.3 is 5.97 Å². The number of anilines is 1. The molecule has 0 aromatic carbocycles. The zero-order valence-electron chi connectivity index (χ0n) is 10.2. The Morgan fingerprint density at radius 1 is 1.50 bits per heavy atom. The maximum Gasteiger partial charge on any atom is 0.357 e. The van der Waals surface area contributed by atoms with Crippen molar-refractivity contribution in [2.75, 3.05) is 11.9 Å². The largest absolute Gasteiger partial charge is 0.455 e. The minimum Gasteiger partial charge on any atom is -0.455 e. The Labute approximate surface area is 96.0 Å². The molecule has 1 heterocycles. The lowest BCUT2D eigenvalue weighted by Gasteiger charge is -2.19. The highest BCUT2D eigenvalue weighted by molar-refractivity contribution is 5.88. The molecular formula is C12H18N2O2. The first-order valence-electron chi connectivity index (χ1n) is 5.35. The van der Waals surface area contributed by atoms with E-state index in [1.807, 2.05) is 33.8 Å². The standard InChI is InChI=1S/C12H18N2O2/c1-5-13-9-6-7-14-10(8-9)11(15)16-12(2,3)4/h6-8H,5H2,1-4H3,(H,13,14). The second-order valence-electron chi connectivity index (χ2n) is 4.46. The SMILES string of the molecule is CCNc1ccnc(C(=O)OC(C)(C)C)c1. The van der Waals surface area contributed by atoms with Crippen molar-refractivity contribution in [3.8, 4) is 0 Å². The van der Waals surface area contributed by atoms with E-state index < -0.39 is 11.6 Å². The average Bonchev–Trinajstić information content (AvgIpc) is 2.16. The number of esters is 1. The lowest BCUT2D eigenvalue weighted by molar-refractivity contribution is 0.00629. The summed E-state index contributed by atoms with van der Waals surface area (Å²) in [6.45, 7) is 8.29. The summed E-state index contributed by atoms with van der Waals surface area (Å²) < 4.78 is 5.23. The molecule has 0 aliphatic carbocycles. The van der Waals surface area contributed by atoms with Gasteiger partial charge in [-0.3, -0.25) is 0 Å². The maximum absolute atomic E-state index is 11.7. The summed E-state index contributed by atoms with van der Waals surface area (Å²) in [5.74, 6) is -0.396. The van der Waals surface area contributed by atoms with Crippen molar-refractivity contribution in [2.24, 2.45) is 0 Å². The van der Waals surface area contributed by atoms with E-state index in [1.54, 1.807) is 12.3 Å². The molecular weight excluding hydrogens is 204 g/mol. The molecule has 88 valence electrons. The van der Waals surface area contributed by atoms with Gasteiger partial charge in [0.25, 0.3) is 0 Å². The molecule has 0 saturated carbocycles. The Bertz CT molecular complexity index is 370. The summed E-state index contributed by atoms with van der Waals surface area (Å²) in [5.41, 5.74) is 0.708. The third kappa shape index (κ3) is 3.88. The van der Waals surface area contributed by atoms with Gasteiger partial charge in [0.2, 0.25) is 0 Å². The molecule has 0 bridgehead atoms. The number of hydrogen-bond acceptors (Lipinski definition) is 4. The van der Waals surface area contributed by atoms with Gasteiger partial charge in [-0.05, 0) is 39.8 Å². The Hall–Kier alpha value is -1.58. The molecule has 0 spiro atoms. The number of nitrogens with zero attached hydrogens (tertiary/aromatic N) is 1. The first kappa shape index (κ1) is 12.5. The van der Waals surface area contributed by atoms with E-state index in [-0.39, 0.29) is 0 Å². The van der Waals surface area contributed by atoms with Crippen LogP contribution in [0.15, 0.2) is 18.3 Å². The molecule has 4 heteroatoms. The van der Waals surface area contributed by atoms with Gasteiger partial charge in [-0.15, -0.1) is 0 Å². The van der Waals surface area contributed by atoms with Gasteiger partial charge in [-0.2, -0.15) is 0 Å². The van der Waals surface area contributed by atoms with Gasteiger partial charge in [0, 0.05) is 18.4 Å². The highest BCUT2D eigenvalue weighted by Crippen LogP contribution is 2.13. The molecule has 1 aromatic heterocycles. The Morgan fingerprint density at radius 3 is 2.75 bits per heavy atom. The molecule has 0 atom stereocenters. The van der Waals surface area contributed by atoms with Crippen LogP contribution in [0.25, 0.3) is 0 Å². The van der Waals surface area contributed by atoms with E-state index in [4.69, 9.17) is 4.74 Å². The summed E-state index contributed by atoms with van der Waals surface area (Å²) in [7, 11) is 0. The number of hydrogen-bond donors (Lipinski definition) is 1. The van der Waals surface area contributed by atoms with Crippen LogP contribution in [0.2, 0.25) is 0 Å². The van der Waals surface area contributed by atoms with Gasteiger partial charge in [0.1, 0.15) is 11.3 Å². The van der Waals surface area contributed by atoms with E-state index in [0.717, 1.165) is 12.2 Å². The molecule has 0 fully saturated rings. The Morgan fingerprint density at radius 2 is 2.19 bits per heavy atom. The second kappa shape index (κ2) is 4.96. The van der Waals surface area contributed by atoms with Gasteiger partial charge < -0.3 is 10.1 Å². The van der Waals surface area contributed by atoms with Crippen LogP contribution in [0.5, 0.6) is 0 Å². The van der Waals surface area contributed by atoms with Crippen LogP contribution in [0.1, 0.15) is 38.2 Å². The number of pyridine rings is 1. The fourth-order valence-corrected chi connectivity index (χ4v) is 1.19. The summed E-state index contributed by atoms with van der Waals surface area (Å²) >= 11 is 0. The van der Waals surface area contributed by atoms with E-state index in [9.17, 15) is 4.79 Å². The molecule has 0 radical (unpaired) electrons. The lowest BCUT2D eigenvalue weighted by atomic mass is 10.2. The molecule has 0 aliphatic heterocycles. The Balaban J connectivity index is 2.79. The molecule has 0 aliphatic rings. The van der Waals surface area contributed by atoms with Crippen molar-refractivity contribution in [3.05, 3.63) is 24.0 Å². The van der Waals surface area contributed by atoms with Crippen LogP contribution in [0, 0.1) is 0 Å². The summed E-state index contributed by atoms with van der Waals surface area (Å²) in [4.78, 5) is 15.7. The summed E-state index contributed by atoms with van der Waals surface area (Å²) in [5, 5.41) is 3.12. The zero-order valence-corrected chi connectivity index (χ0v) is 10.2. The average molecular weight is 222 g/mol. The fourth-order valence-electron chi connectivity index (χ4n) is 1.19. The topological polar surface area (TPSA) is 51.2 Å². The van der Waals surface area contributed by atoms with Crippen molar-refractivity contribution in [1.29, 1.82) is 0 Å². The quantitative estimate of drug-likeness (QED) is 0.798. The van der Waals surface area contributed by atoms with Gasteiger partial charge in [-0.25, -0.2) is 9.78 Å². The van der Waals surface area contributed by atoms with Crippen LogP contribution in [0.4, 0.5) is 5.69 Å². The lowest BCUT2D eigenvalue weighted by Crippen LogP contribution is -2.24. The number of carbonyl (C=O) groups excluding carboxylic acids is 1. The smallest absolute Gasteiger partial charge is 0.357 e. The molecule has 0 unspecified atom stereocenters. The van der Waals surface area contributed by atoms with Crippen LogP contribution >= 0.6 is 0 Å². The van der Waals surface area contributed by atoms with E-state index in [0.29, 0.717) is 5.69 Å². The van der Waals surface area contributed by atoms with Crippen molar-refractivity contribution in [1.82, 2.24) is 4.98 Å². The van der Waals surface area contributed by atoms with Crippen molar-refractivity contribution in [3.63, 3.8) is 0 Å². The third-order valence-electron chi connectivity index (χ3n) is 1.75. The second-order valence-corrected chi connectivity index (χ2v) is 4.46. The molecule has 0 saturated heterocycles. The molecule has 4 nitrogen and oxygen atoms in total. The number of aromatic nitrogens is 1. The van der Waals surface area contributed by atoms with E-state index in [1.165, 1.54) is 0 Å². The number of rotatable bonds is 3. The maximum atomic E-state index is 11.7. The highest BCUT2D eigenvalue weighted by Gasteiger charge is 2.18. The third-order valence-corrected chi connectivity index (χ3v) is 1.75. The van der Waals surface area contributed by atoms with Crippen LogP contribution in [-0.4, -0.2) is 23.1 Å². The number of ether oxygens (including phenoxy) is 1. The molecule has 1 aromatic rings. The van der Waals surface area contributed by atoms with Crippen LogP contribution in [0.3, 0.4) is 0 Å². The van der Waals surface area contributed by atoms with Gasteiger partial charge in [-0.1, -0.05) is 0 Å². The minimum atomic E-state index is -0.493. The number of nitrogens with one attached hydrogen (secondary N) is 1. The van der Waals surface area contributed by atoms with Gasteiger partial charge in [0.15, 0.2) is 0 Å². The number of carbonyl (C=O) groups is 1. The van der Waals surface area contributed by atoms with Crippen LogP contribution < -0.4 is 5.32 Å². The van der Waals surface area contributed by atoms with Crippen molar-refractivity contribution < 1.29 is 9.53 Å². The fraction of sp³-hybridized carbons (Fsp3) is 0.500. The predicted molar refractivity (Wildman–Crippen MR) is 63.6 cm³/mol. The summed E-state index contributed by atoms with van der Waals surface area (Å²) in [6, 6.07) is 3.51. The zero-order chi connectivity index (χ0) is 12.2. The highest BCUT2D eigenvalue weighted by atomic mass is 16.6. The first-order chi connectivity index (χ1) is 7.42. The monoisotopic (exact) mass is 222 g/mol. The van der Waals surface area contributed by atoms with Gasteiger partial charge in [0.05, 0.1) is 0 Å².